The second-order valence-corrected chi connectivity index (χ2v) is 5.73. The first kappa shape index (κ1) is 18.0. The predicted molar refractivity (Wildman–Crippen MR) is 107 cm³/mol. The Bertz CT molecular complexity index is 943. The number of methoxy groups -OCH3 is 1. The first-order valence-corrected chi connectivity index (χ1v) is 8.21. The molecule has 8 heteroatoms. The fraction of sp³-hybridized carbons (Fsp3) is 0.105. The molecule has 1 heterocycles. The molecule has 0 aliphatic carbocycles. The molecule has 0 aliphatic rings. The quantitative estimate of drug-likeness (QED) is 0.529. The number of carbonyl (C=O) groups is 1. The highest BCUT2D eigenvalue weighted by Gasteiger charge is 2.09. The minimum atomic E-state index is -0.121. The molecule has 0 radical (unpaired) electrons. The van der Waals surface area contributed by atoms with Crippen molar-refractivity contribution in [2.24, 2.45) is 0 Å². The van der Waals surface area contributed by atoms with Crippen molar-refractivity contribution in [3.63, 3.8) is 0 Å². The Morgan fingerprint density at radius 3 is 2.22 bits per heavy atom. The summed E-state index contributed by atoms with van der Waals surface area (Å²) in [5.41, 5.74) is 8.88. The molecule has 0 spiro atoms. The normalized spacial score (nSPS) is 10.1. The summed E-state index contributed by atoms with van der Waals surface area (Å²) in [6.07, 6.45) is 1.42. The van der Waals surface area contributed by atoms with E-state index in [-0.39, 0.29) is 5.91 Å². The Hall–Kier alpha value is -3.81. The van der Waals surface area contributed by atoms with Crippen LogP contribution in [0.4, 0.5) is 34.4 Å². The Morgan fingerprint density at radius 2 is 1.59 bits per heavy atom. The average Bonchev–Trinajstić information content (AvgIpc) is 2.66. The minimum Gasteiger partial charge on any atom is -0.497 e. The van der Waals surface area contributed by atoms with Gasteiger partial charge in [0.1, 0.15) is 17.8 Å². The molecule has 0 saturated carbocycles. The Labute approximate surface area is 156 Å². The Kier molecular flexibility index (Phi) is 5.36. The van der Waals surface area contributed by atoms with E-state index in [9.17, 15) is 4.79 Å². The summed E-state index contributed by atoms with van der Waals surface area (Å²) >= 11 is 0. The highest BCUT2D eigenvalue weighted by Crippen LogP contribution is 2.29. The van der Waals surface area contributed by atoms with E-state index in [1.165, 1.54) is 13.3 Å². The van der Waals surface area contributed by atoms with E-state index in [2.05, 4.69) is 25.9 Å². The van der Waals surface area contributed by atoms with Crippen molar-refractivity contribution in [1.82, 2.24) is 9.97 Å². The van der Waals surface area contributed by atoms with Crippen LogP contribution in [-0.4, -0.2) is 23.0 Å². The number of anilines is 6. The standard InChI is InChI=1S/C19H20N6O2/c1-12(26)23-13-6-8-14(9-7-13)24-18-17(20)19(22-11-21-18)25-15-4-3-5-16(10-15)27-2/h3-11H,20H2,1-2H3,(H,23,26)(H2,21,22,24,25). The maximum atomic E-state index is 11.1. The summed E-state index contributed by atoms with van der Waals surface area (Å²) in [6.45, 7) is 1.46. The lowest BCUT2D eigenvalue weighted by Crippen LogP contribution is -2.06. The summed E-state index contributed by atoms with van der Waals surface area (Å²) < 4.78 is 5.22. The lowest BCUT2D eigenvalue weighted by atomic mass is 10.2. The van der Waals surface area contributed by atoms with Crippen molar-refractivity contribution in [3.05, 3.63) is 54.9 Å². The Morgan fingerprint density at radius 1 is 0.963 bits per heavy atom. The van der Waals surface area contributed by atoms with Gasteiger partial charge in [-0.2, -0.15) is 0 Å². The van der Waals surface area contributed by atoms with Gasteiger partial charge in [0, 0.05) is 30.1 Å². The van der Waals surface area contributed by atoms with E-state index in [4.69, 9.17) is 10.5 Å². The number of nitrogens with two attached hydrogens (primary N) is 1. The van der Waals surface area contributed by atoms with Crippen LogP contribution in [0.1, 0.15) is 6.92 Å². The predicted octanol–water partition coefficient (Wildman–Crippen LogP) is 3.51. The number of nitrogen functional groups attached to an aromatic ring is 1. The highest BCUT2D eigenvalue weighted by molar-refractivity contribution is 5.89. The van der Waals surface area contributed by atoms with E-state index in [0.29, 0.717) is 23.0 Å². The first-order chi connectivity index (χ1) is 13.0. The van der Waals surface area contributed by atoms with Crippen molar-refractivity contribution < 1.29 is 9.53 Å². The molecule has 0 aliphatic heterocycles. The molecule has 138 valence electrons. The largest absolute Gasteiger partial charge is 0.497 e. The number of hydrogen-bond acceptors (Lipinski definition) is 7. The minimum absolute atomic E-state index is 0.121. The number of benzene rings is 2. The molecular weight excluding hydrogens is 344 g/mol. The molecule has 1 amide bonds. The summed E-state index contributed by atoms with van der Waals surface area (Å²) in [6, 6.07) is 14.7. The van der Waals surface area contributed by atoms with Gasteiger partial charge in [-0.15, -0.1) is 0 Å². The molecule has 8 nitrogen and oxygen atoms in total. The number of hydrogen-bond donors (Lipinski definition) is 4. The van der Waals surface area contributed by atoms with Gasteiger partial charge in [-0.1, -0.05) is 6.07 Å². The summed E-state index contributed by atoms with van der Waals surface area (Å²) in [4.78, 5) is 19.5. The molecule has 0 bridgehead atoms. The number of carbonyl (C=O) groups excluding carboxylic acids is 1. The van der Waals surface area contributed by atoms with E-state index >= 15 is 0 Å². The second kappa shape index (κ2) is 8.05. The summed E-state index contributed by atoms with van der Waals surface area (Å²) in [5.74, 6) is 1.56. The molecule has 2 aromatic carbocycles. The molecular formula is C19H20N6O2. The fourth-order valence-corrected chi connectivity index (χ4v) is 2.41. The molecule has 0 atom stereocenters. The average molecular weight is 364 g/mol. The molecule has 27 heavy (non-hydrogen) atoms. The van der Waals surface area contributed by atoms with Crippen LogP contribution in [0.15, 0.2) is 54.9 Å². The smallest absolute Gasteiger partial charge is 0.221 e. The van der Waals surface area contributed by atoms with E-state index in [1.54, 1.807) is 19.2 Å². The zero-order chi connectivity index (χ0) is 19.2. The van der Waals surface area contributed by atoms with Crippen LogP contribution in [0.5, 0.6) is 5.75 Å². The number of rotatable bonds is 6. The SMILES string of the molecule is COc1cccc(Nc2ncnc(Nc3ccc(NC(C)=O)cc3)c2N)c1. The summed E-state index contributed by atoms with van der Waals surface area (Å²) in [7, 11) is 1.61. The molecule has 5 N–H and O–H groups in total. The zero-order valence-corrected chi connectivity index (χ0v) is 15.0. The van der Waals surface area contributed by atoms with Gasteiger partial charge in [0.2, 0.25) is 5.91 Å². The Balaban J connectivity index is 1.77. The van der Waals surface area contributed by atoms with E-state index in [1.807, 2.05) is 36.4 Å². The van der Waals surface area contributed by atoms with Crippen LogP contribution in [0.2, 0.25) is 0 Å². The third-order valence-corrected chi connectivity index (χ3v) is 3.68. The van der Waals surface area contributed by atoms with Crippen molar-refractivity contribution in [2.45, 2.75) is 6.92 Å². The highest BCUT2D eigenvalue weighted by atomic mass is 16.5. The molecule has 0 saturated heterocycles. The van der Waals surface area contributed by atoms with Crippen LogP contribution in [0.25, 0.3) is 0 Å². The number of ether oxygens (including phenoxy) is 1. The molecule has 3 aromatic rings. The topological polar surface area (TPSA) is 114 Å². The van der Waals surface area contributed by atoms with Gasteiger partial charge in [-0.25, -0.2) is 9.97 Å². The van der Waals surface area contributed by atoms with E-state index < -0.39 is 0 Å². The van der Waals surface area contributed by atoms with Crippen LogP contribution < -0.4 is 26.4 Å². The monoisotopic (exact) mass is 364 g/mol. The van der Waals surface area contributed by atoms with Crippen LogP contribution in [0.3, 0.4) is 0 Å². The number of aromatic nitrogens is 2. The van der Waals surface area contributed by atoms with Gasteiger partial charge >= 0.3 is 0 Å². The third kappa shape index (κ3) is 4.63. The zero-order valence-electron chi connectivity index (χ0n) is 15.0. The lowest BCUT2D eigenvalue weighted by Gasteiger charge is -2.13. The molecule has 0 unspecified atom stereocenters. The van der Waals surface area contributed by atoms with Crippen molar-refractivity contribution >= 4 is 40.3 Å². The van der Waals surface area contributed by atoms with Gasteiger partial charge in [-0.3, -0.25) is 4.79 Å². The van der Waals surface area contributed by atoms with Crippen molar-refractivity contribution in [3.8, 4) is 5.75 Å². The number of nitrogens with one attached hydrogen (secondary N) is 3. The second-order valence-electron chi connectivity index (χ2n) is 5.73. The number of amides is 1. The van der Waals surface area contributed by atoms with Gasteiger partial charge < -0.3 is 26.4 Å². The first-order valence-electron chi connectivity index (χ1n) is 8.21. The number of nitrogens with zero attached hydrogens (tertiary/aromatic N) is 2. The van der Waals surface area contributed by atoms with Gasteiger partial charge in [0.25, 0.3) is 0 Å². The fourth-order valence-electron chi connectivity index (χ4n) is 2.41. The van der Waals surface area contributed by atoms with Crippen molar-refractivity contribution in [2.75, 3.05) is 28.8 Å². The molecule has 3 rings (SSSR count). The lowest BCUT2D eigenvalue weighted by molar-refractivity contribution is -0.114. The van der Waals surface area contributed by atoms with Crippen LogP contribution in [-0.2, 0) is 4.79 Å². The van der Waals surface area contributed by atoms with Gasteiger partial charge in [-0.05, 0) is 36.4 Å². The van der Waals surface area contributed by atoms with E-state index in [0.717, 1.165) is 17.1 Å². The summed E-state index contributed by atoms with van der Waals surface area (Å²) in [5, 5.41) is 9.02. The van der Waals surface area contributed by atoms with Crippen LogP contribution in [0, 0.1) is 0 Å². The van der Waals surface area contributed by atoms with Gasteiger partial charge in [0.15, 0.2) is 11.6 Å². The third-order valence-electron chi connectivity index (χ3n) is 3.68. The molecule has 0 fully saturated rings. The maximum Gasteiger partial charge on any atom is 0.221 e. The van der Waals surface area contributed by atoms with Crippen LogP contribution >= 0.6 is 0 Å². The molecule has 1 aromatic heterocycles. The van der Waals surface area contributed by atoms with Gasteiger partial charge in [0.05, 0.1) is 7.11 Å². The van der Waals surface area contributed by atoms with Crippen molar-refractivity contribution in [1.29, 1.82) is 0 Å². The maximum absolute atomic E-state index is 11.1.